The van der Waals surface area contributed by atoms with E-state index < -0.39 is 6.04 Å². The third-order valence-corrected chi connectivity index (χ3v) is 4.69. The van der Waals surface area contributed by atoms with E-state index in [2.05, 4.69) is 26.0 Å². The molecule has 9 heteroatoms. The zero-order valence-corrected chi connectivity index (χ0v) is 16.3. The minimum absolute atomic E-state index is 0.168. The van der Waals surface area contributed by atoms with E-state index in [1.54, 1.807) is 23.7 Å². The molecule has 1 aliphatic heterocycles. The molecule has 2 heterocycles. The minimum Gasteiger partial charge on any atom is -0.328 e. The lowest BCUT2D eigenvalue weighted by molar-refractivity contribution is -0.114. The van der Waals surface area contributed by atoms with Gasteiger partial charge in [0.1, 0.15) is 18.2 Å². The highest BCUT2D eigenvalue weighted by Gasteiger charge is 2.33. The number of amides is 2. The summed E-state index contributed by atoms with van der Waals surface area (Å²) in [6, 6.07) is 12.2. The van der Waals surface area contributed by atoms with E-state index >= 15 is 0 Å². The van der Waals surface area contributed by atoms with Crippen LogP contribution >= 0.6 is 0 Å². The Hall–Kier alpha value is -4.01. The fraction of sp³-hybridized carbons (Fsp3) is 0.143. The molecule has 3 aromatic rings. The predicted molar refractivity (Wildman–Crippen MR) is 110 cm³/mol. The van der Waals surface area contributed by atoms with Gasteiger partial charge < -0.3 is 16.0 Å². The summed E-state index contributed by atoms with van der Waals surface area (Å²) in [6.07, 6.45) is 1.41. The fourth-order valence-corrected chi connectivity index (χ4v) is 3.38. The van der Waals surface area contributed by atoms with Crippen molar-refractivity contribution in [3.63, 3.8) is 0 Å². The van der Waals surface area contributed by atoms with E-state index in [0.29, 0.717) is 28.6 Å². The molecule has 0 unspecified atom stereocenters. The Morgan fingerprint density at radius 2 is 1.67 bits per heavy atom. The number of hydrogen-bond donors (Lipinski definition) is 3. The lowest BCUT2D eigenvalue weighted by atomic mass is 9.94. The number of hydrogen-bond acceptors (Lipinski definition) is 5. The second kappa shape index (κ2) is 7.78. The number of benzene rings is 2. The van der Waals surface area contributed by atoms with Gasteiger partial charge in [-0.25, -0.2) is 9.07 Å². The normalized spacial score (nSPS) is 15.2. The van der Waals surface area contributed by atoms with Crippen molar-refractivity contribution in [3.8, 4) is 0 Å². The van der Waals surface area contributed by atoms with Crippen LogP contribution in [-0.4, -0.2) is 26.6 Å². The van der Waals surface area contributed by atoms with E-state index in [4.69, 9.17) is 0 Å². The average Bonchev–Trinajstić information content (AvgIpc) is 3.17. The van der Waals surface area contributed by atoms with Gasteiger partial charge in [0.25, 0.3) is 5.91 Å². The topological polar surface area (TPSA) is 101 Å². The summed E-state index contributed by atoms with van der Waals surface area (Å²) in [7, 11) is 0. The molecule has 3 N–H and O–H groups in total. The van der Waals surface area contributed by atoms with Crippen LogP contribution in [0.25, 0.3) is 0 Å². The molecule has 8 nitrogen and oxygen atoms in total. The van der Waals surface area contributed by atoms with Crippen molar-refractivity contribution in [1.29, 1.82) is 0 Å². The van der Waals surface area contributed by atoms with Crippen molar-refractivity contribution in [2.75, 3.05) is 16.0 Å². The number of halogens is 1. The molecule has 4 rings (SSSR count). The highest BCUT2D eigenvalue weighted by atomic mass is 19.1. The van der Waals surface area contributed by atoms with Crippen LogP contribution < -0.4 is 16.0 Å². The zero-order chi connectivity index (χ0) is 21.3. The number of fused-ring (bicyclic) bond motifs is 1. The van der Waals surface area contributed by atoms with E-state index in [9.17, 15) is 14.0 Å². The van der Waals surface area contributed by atoms with E-state index in [1.807, 2.05) is 12.1 Å². The number of rotatable bonds is 4. The summed E-state index contributed by atoms with van der Waals surface area (Å²) in [6.45, 7) is 3.23. The van der Waals surface area contributed by atoms with Gasteiger partial charge in [0.05, 0.1) is 5.57 Å². The van der Waals surface area contributed by atoms with Crippen LogP contribution in [0.4, 0.5) is 21.7 Å². The molecule has 1 aromatic heterocycles. The Labute approximate surface area is 171 Å². The first-order valence-corrected chi connectivity index (χ1v) is 9.24. The summed E-state index contributed by atoms with van der Waals surface area (Å²) in [5.41, 5.74) is 3.00. The van der Waals surface area contributed by atoms with Gasteiger partial charge in [-0.05, 0) is 48.9 Å². The van der Waals surface area contributed by atoms with E-state index in [0.717, 1.165) is 5.56 Å². The predicted octanol–water partition coefficient (Wildman–Crippen LogP) is 3.30. The first-order valence-electron chi connectivity index (χ1n) is 9.24. The monoisotopic (exact) mass is 406 g/mol. The minimum atomic E-state index is -0.532. The van der Waals surface area contributed by atoms with Gasteiger partial charge in [-0.1, -0.05) is 12.1 Å². The second-order valence-corrected chi connectivity index (χ2v) is 6.86. The van der Waals surface area contributed by atoms with Gasteiger partial charge in [-0.3, -0.25) is 9.59 Å². The number of allylic oxidation sites excluding steroid dienone is 1. The molecule has 0 spiro atoms. The van der Waals surface area contributed by atoms with E-state index in [1.165, 1.54) is 37.5 Å². The molecule has 1 atom stereocenters. The van der Waals surface area contributed by atoms with Gasteiger partial charge in [0.15, 0.2) is 0 Å². The van der Waals surface area contributed by atoms with Crippen LogP contribution in [-0.2, 0) is 9.59 Å². The number of aromatic nitrogens is 3. The summed E-state index contributed by atoms with van der Waals surface area (Å²) in [5, 5.41) is 12.9. The summed E-state index contributed by atoms with van der Waals surface area (Å²) >= 11 is 0. The lowest BCUT2D eigenvalue weighted by Gasteiger charge is -2.28. The number of carbonyl (C=O) groups is 2. The van der Waals surface area contributed by atoms with Gasteiger partial charge in [-0.2, -0.15) is 10.1 Å². The first kappa shape index (κ1) is 19.3. The first-order chi connectivity index (χ1) is 14.4. The molecule has 0 aliphatic carbocycles. The van der Waals surface area contributed by atoms with Crippen molar-refractivity contribution in [2.45, 2.75) is 19.9 Å². The molecular weight excluding hydrogens is 387 g/mol. The standard InChI is InChI=1S/C21H19FN6O2/c1-12-18(20(30)27-17-9-5-15(22)6-10-17)19(28-21(25-12)23-11-24-28)14-3-7-16(8-4-14)26-13(2)29/h3-11,19H,1-2H3,(H,26,29)(H,27,30)(H,23,24,25)/t19-/m1/s1. The third kappa shape index (κ3) is 3.77. The molecule has 0 radical (unpaired) electrons. The molecule has 2 aromatic carbocycles. The van der Waals surface area contributed by atoms with Gasteiger partial charge in [0, 0.05) is 24.0 Å². The molecular formula is C21H19FN6O2. The summed E-state index contributed by atoms with van der Waals surface area (Å²) < 4.78 is 14.8. The largest absolute Gasteiger partial charge is 0.328 e. The van der Waals surface area contributed by atoms with Crippen molar-refractivity contribution >= 4 is 29.1 Å². The molecule has 0 bridgehead atoms. The molecule has 0 saturated heterocycles. The van der Waals surface area contributed by atoms with Crippen LogP contribution in [0.2, 0.25) is 0 Å². The maximum absolute atomic E-state index is 13.2. The molecule has 1 aliphatic rings. The highest BCUT2D eigenvalue weighted by molar-refractivity contribution is 6.06. The maximum atomic E-state index is 13.2. The van der Waals surface area contributed by atoms with Crippen LogP contribution in [0.1, 0.15) is 25.5 Å². The summed E-state index contributed by atoms with van der Waals surface area (Å²) in [5.74, 6) is -0.379. The Morgan fingerprint density at radius 3 is 2.33 bits per heavy atom. The van der Waals surface area contributed by atoms with Crippen LogP contribution in [0, 0.1) is 5.82 Å². The quantitative estimate of drug-likeness (QED) is 0.617. The van der Waals surface area contributed by atoms with E-state index in [-0.39, 0.29) is 17.6 Å². The van der Waals surface area contributed by atoms with Gasteiger partial charge in [-0.15, -0.1) is 0 Å². The number of nitrogens with one attached hydrogen (secondary N) is 3. The molecule has 0 fully saturated rings. The van der Waals surface area contributed by atoms with Crippen molar-refractivity contribution in [3.05, 3.63) is 77.5 Å². The van der Waals surface area contributed by atoms with Crippen molar-refractivity contribution in [2.24, 2.45) is 0 Å². The Kier molecular flexibility index (Phi) is 5.01. The Bertz CT molecular complexity index is 1140. The summed E-state index contributed by atoms with van der Waals surface area (Å²) in [4.78, 5) is 28.7. The number of nitrogens with zero attached hydrogens (tertiary/aromatic N) is 3. The van der Waals surface area contributed by atoms with Crippen molar-refractivity contribution in [1.82, 2.24) is 14.8 Å². The molecule has 0 saturated carbocycles. The van der Waals surface area contributed by atoms with Crippen LogP contribution in [0.3, 0.4) is 0 Å². The van der Waals surface area contributed by atoms with Gasteiger partial charge in [0.2, 0.25) is 11.9 Å². The smallest absolute Gasteiger partial charge is 0.255 e. The Morgan fingerprint density at radius 1 is 1.03 bits per heavy atom. The van der Waals surface area contributed by atoms with Gasteiger partial charge >= 0.3 is 0 Å². The van der Waals surface area contributed by atoms with Crippen molar-refractivity contribution < 1.29 is 14.0 Å². The fourth-order valence-electron chi connectivity index (χ4n) is 3.38. The lowest BCUT2D eigenvalue weighted by Crippen LogP contribution is -2.31. The SMILES string of the molecule is CC(=O)Nc1ccc([C@@H]2C(C(=O)Nc3ccc(F)cc3)=C(C)Nc3ncnn32)cc1. The molecule has 2 amide bonds. The van der Waals surface area contributed by atoms with Crippen LogP contribution in [0.15, 0.2) is 66.1 Å². The average molecular weight is 406 g/mol. The molecule has 30 heavy (non-hydrogen) atoms. The number of carbonyl (C=O) groups excluding carboxylic acids is 2. The molecule has 152 valence electrons. The highest BCUT2D eigenvalue weighted by Crippen LogP contribution is 2.35. The number of anilines is 3. The third-order valence-electron chi connectivity index (χ3n) is 4.69. The Balaban J connectivity index is 1.70. The zero-order valence-electron chi connectivity index (χ0n) is 16.3. The second-order valence-electron chi connectivity index (χ2n) is 6.86. The van der Waals surface area contributed by atoms with Crippen LogP contribution in [0.5, 0.6) is 0 Å². The maximum Gasteiger partial charge on any atom is 0.255 e.